The van der Waals surface area contributed by atoms with E-state index in [4.69, 9.17) is 9.47 Å². The Kier molecular flexibility index (Phi) is 5.92. The van der Waals surface area contributed by atoms with Crippen LogP contribution in [0.1, 0.15) is 20.8 Å². The number of amides is 1. The Morgan fingerprint density at radius 2 is 1.81 bits per heavy atom. The van der Waals surface area contributed by atoms with Crippen LogP contribution >= 0.6 is 0 Å². The fourth-order valence-corrected chi connectivity index (χ4v) is 2.77. The predicted octanol–water partition coefficient (Wildman–Crippen LogP) is 3.19. The molecule has 2 rings (SSSR count). The molecule has 1 aromatic heterocycles. The van der Waals surface area contributed by atoms with Gasteiger partial charge >= 0.3 is 6.09 Å². The number of ether oxygens (including phenoxy) is 2. The van der Waals surface area contributed by atoms with Crippen LogP contribution in [0.3, 0.4) is 0 Å². The maximum atomic E-state index is 13.1. The third-order valence-electron chi connectivity index (χ3n) is 3.88. The molecule has 0 atom stereocenters. The fraction of sp³-hybridized carbons (Fsp3) is 0.474. The first-order valence-electron chi connectivity index (χ1n) is 8.41. The number of pyridine rings is 1. The summed E-state index contributed by atoms with van der Waals surface area (Å²) in [5.74, 6) is 0.596. The molecule has 0 spiro atoms. The second-order valence-electron chi connectivity index (χ2n) is 7.33. The normalized spacial score (nSPS) is 11.6. The number of rotatable bonds is 6. The molecule has 1 N–H and O–H groups in total. The van der Waals surface area contributed by atoms with Crippen molar-refractivity contribution < 1.29 is 19.4 Å². The molecule has 1 aromatic carbocycles. The van der Waals surface area contributed by atoms with E-state index in [-0.39, 0.29) is 23.4 Å². The van der Waals surface area contributed by atoms with Crippen molar-refractivity contribution in [2.45, 2.75) is 27.3 Å². The molecule has 0 saturated heterocycles. The number of hydrogen-bond acceptors (Lipinski definition) is 4. The number of fused-ring (bicyclic) bond motifs is 1. The topological polar surface area (TPSA) is 81.0 Å². The second-order valence-corrected chi connectivity index (χ2v) is 7.33. The second kappa shape index (κ2) is 7.78. The van der Waals surface area contributed by atoms with Gasteiger partial charge in [-0.25, -0.2) is 4.79 Å². The van der Waals surface area contributed by atoms with Crippen molar-refractivity contribution in [1.82, 2.24) is 4.57 Å². The molecule has 1 heterocycles. The summed E-state index contributed by atoms with van der Waals surface area (Å²) in [6.45, 7) is 6.92. The largest absolute Gasteiger partial charge is 0.487 e. The lowest BCUT2D eigenvalue weighted by Crippen LogP contribution is -2.35. The van der Waals surface area contributed by atoms with Crippen LogP contribution < -0.4 is 15.2 Å². The average molecular weight is 362 g/mol. The fourth-order valence-electron chi connectivity index (χ4n) is 2.77. The van der Waals surface area contributed by atoms with E-state index in [1.807, 2.05) is 20.8 Å². The zero-order chi connectivity index (χ0) is 19.5. The van der Waals surface area contributed by atoms with Gasteiger partial charge in [-0.1, -0.05) is 39.0 Å². The highest BCUT2D eigenvalue weighted by Gasteiger charge is 2.26. The summed E-state index contributed by atoms with van der Waals surface area (Å²) in [6.07, 6.45) is -1.17. The van der Waals surface area contributed by atoms with E-state index in [1.165, 1.54) is 11.6 Å². The highest BCUT2D eigenvalue weighted by Crippen LogP contribution is 2.35. The van der Waals surface area contributed by atoms with E-state index in [2.05, 4.69) is 0 Å². The van der Waals surface area contributed by atoms with E-state index in [0.29, 0.717) is 29.7 Å². The first kappa shape index (κ1) is 19.8. The molecule has 7 heteroatoms. The highest BCUT2D eigenvalue weighted by atomic mass is 16.5. The lowest BCUT2D eigenvalue weighted by Gasteiger charge is -2.28. The number of carboxylic acid groups (broad SMARTS) is 1. The van der Waals surface area contributed by atoms with E-state index >= 15 is 0 Å². The number of carbonyl (C=O) groups is 1. The predicted molar refractivity (Wildman–Crippen MR) is 101 cm³/mol. The number of hydrogen-bond donors (Lipinski definition) is 1. The summed E-state index contributed by atoms with van der Waals surface area (Å²) in [5.41, 5.74) is -0.470. The molecule has 26 heavy (non-hydrogen) atoms. The molecule has 0 unspecified atom stereocenters. The van der Waals surface area contributed by atoms with Gasteiger partial charge in [-0.05, 0) is 11.5 Å². The van der Waals surface area contributed by atoms with Gasteiger partial charge in [0.1, 0.15) is 6.61 Å². The van der Waals surface area contributed by atoms with Crippen molar-refractivity contribution in [1.29, 1.82) is 0 Å². The molecule has 0 radical (unpaired) electrons. The molecular formula is C19H26N2O5. The Labute approximate surface area is 152 Å². The van der Waals surface area contributed by atoms with Gasteiger partial charge in [-0.2, -0.15) is 0 Å². The molecule has 2 aromatic rings. The van der Waals surface area contributed by atoms with Gasteiger partial charge < -0.3 is 14.6 Å². The van der Waals surface area contributed by atoms with Gasteiger partial charge in [0.15, 0.2) is 11.6 Å². The number of methoxy groups -OCH3 is 1. The van der Waals surface area contributed by atoms with Gasteiger partial charge in [-0.3, -0.25) is 14.3 Å². The molecule has 0 saturated carbocycles. The zero-order valence-corrected chi connectivity index (χ0v) is 15.9. The summed E-state index contributed by atoms with van der Waals surface area (Å²) >= 11 is 0. The Balaban J connectivity index is 2.84. The minimum atomic E-state index is -1.17. The van der Waals surface area contributed by atoms with Crippen LogP contribution in [0.5, 0.6) is 5.75 Å². The van der Waals surface area contributed by atoms with E-state index < -0.39 is 6.09 Å². The number of aromatic nitrogens is 1. The molecule has 0 bridgehead atoms. The van der Waals surface area contributed by atoms with E-state index in [0.717, 1.165) is 4.90 Å². The van der Waals surface area contributed by atoms with Crippen LogP contribution in [0, 0.1) is 5.41 Å². The Bertz CT molecular complexity index is 851. The molecule has 0 aliphatic rings. The lowest BCUT2D eigenvalue weighted by molar-refractivity contribution is 0.146. The Morgan fingerprint density at radius 3 is 2.35 bits per heavy atom. The quantitative estimate of drug-likeness (QED) is 0.798. The number of anilines is 1. The van der Waals surface area contributed by atoms with Gasteiger partial charge in [0.25, 0.3) is 5.56 Å². The van der Waals surface area contributed by atoms with Gasteiger partial charge in [0.05, 0.1) is 12.0 Å². The number of nitrogens with zero attached hydrogens (tertiary/aromatic N) is 2. The van der Waals surface area contributed by atoms with Crippen molar-refractivity contribution >= 4 is 22.7 Å². The maximum Gasteiger partial charge on any atom is 0.412 e. The molecule has 0 aliphatic carbocycles. The minimum Gasteiger partial charge on any atom is -0.487 e. The van der Waals surface area contributed by atoms with Crippen molar-refractivity contribution in [2.24, 2.45) is 5.41 Å². The lowest BCUT2D eigenvalue weighted by atomic mass is 9.96. The first-order valence-corrected chi connectivity index (χ1v) is 8.41. The van der Waals surface area contributed by atoms with Crippen LogP contribution in [0.2, 0.25) is 0 Å². The van der Waals surface area contributed by atoms with Crippen LogP contribution in [-0.4, -0.2) is 43.1 Å². The van der Waals surface area contributed by atoms with Crippen LogP contribution in [-0.2, 0) is 11.3 Å². The molecular weight excluding hydrogens is 336 g/mol. The molecule has 7 nitrogen and oxygen atoms in total. The van der Waals surface area contributed by atoms with Crippen molar-refractivity contribution in [3.63, 3.8) is 0 Å². The molecule has 1 amide bonds. The summed E-state index contributed by atoms with van der Waals surface area (Å²) in [4.78, 5) is 25.8. The summed E-state index contributed by atoms with van der Waals surface area (Å²) in [7, 11) is 2.97. The third-order valence-corrected chi connectivity index (χ3v) is 3.88. The van der Waals surface area contributed by atoms with Gasteiger partial charge in [0, 0.05) is 26.1 Å². The van der Waals surface area contributed by atoms with Crippen LogP contribution in [0.4, 0.5) is 10.6 Å². The molecule has 0 aliphatic heterocycles. The first-order chi connectivity index (χ1) is 12.2. The van der Waals surface area contributed by atoms with Crippen LogP contribution in [0.25, 0.3) is 10.8 Å². The Morgan fingerprint density at radius 1 is 1.19 bits per heavy atom. The molecule has 142 valence electrons. The average Bonchev–Trinajstić information content (AvgIpc) is 2.57. The molecule has 0 fully saturated rings. The Hall–Kier alpha value is -2.54. The zero-order valence-electron chi connectivity index (χ0n) is 15.9. The smallest absolute Gasteiger partial charge is 0.412 e. The van der Waals surface area contributed by atoms with Crippen molar-refractivity contribution in [2.75, 3.05) is 32.3 Å². The number of benzene rings is 1. The third kappa shape index (κ3) is 4.16. The van der Waals surface area contributed by atoms with E-state index in [1.54, 1.807) is 31.4 Å². The van der Waals surface area contributed by atoms with Gasteiger partial charge in [-0.15, -0.1) is 0 Å². The van der Waals surface area contributed by atoms with Crippen molar-refractivity contribution in [3.05, 3.63) is 34.6 Å². The summed E-state index contributed by atoms with van der Waals surface area (Å²) in [6, 6.07) is 7.07. The van der Waals surface area contributed by atoms with Gasteiger partial charge in [0.2, 0.25) is 0 Å². The van der Waals surface area contributed by atoms with Crippen molar-refractivity contribution in [3.8, 4) is 5.75 Å². The van der Waals surface area contributed by atoms with Crippen LogP contribution in [0.15, 0.2) is 29.1 Å². The summed E-state index contributed by atoms with van der Waals surface area (Å²) < 4.78 is 12.4. The maximum absolute atomic E-state index is 13.1. The minimum absolute atomic E-state index is 0.229. The standard InChI is InChI=1S/C19H26N2O5/c1-19(2,3)12-21-16(20(4)18(23)24)15(26-11-10-25-5)13-8-6-7-9-14(13)17(21)22/h6-9H,10-12H2,1-5H3,(H,23,24). The highest BCUT2D eigenvalue weighted by molar-refractivity contribution is 5.96. The van der Waals surface area contributed by atoms with E-state index in [9.17, 15) is 14.7 Å². The monoisotopic (exact) mass is 362 g/mol. The SMILES string of the molecule is COCCOc1c(N(C)C(=O)O)n(CC(C)(C)C)c(=O)c2ccccc12. The summed E-state index contributed by atoms with van der Waals surface area (Å²) in [5, 5.41) is 10.6.